The molecule has 0 bridgehead atoms. The van der Waals surface area contributed by atoms with Crippen molar-refractivity contribution >= 4 is 24.4 Å². The second kappa shape index (κ2) is 7.78. The van der Waals surface area contributed by atoms with Crippen molar-refractivity contribution < 1.29 is 4.79 Å². The van der Waals surface area contributed by atoms with Gasteiger partial charge in [-0.05, 0) is 14.1 Å². The highest BCUT2D eigenvalue weighted by Crippen LogP contribution is 2.06. The maximum Gasteiger partial charge on any atom is 0.326 e. The number of halogens is 1. The van der Waals surface area contributed by atoms with E-state index >= 15 is 0 Å². The van der Waals surface area contributed by atoms with Crippen LogP contribution in [0.15, 0.2) is 12.4 Å². The molecule has 0 saturated carbocycles. The van der Waals surface area contributed by atoms with Crippen LogP contribution in [0.1, 0.15) is 0 Å². The quantitative estimate of drug-likeness (QED) is 0.792. The Hall–Kier alpha value is -1.47. The summed E-state index contributed by atoms with van der Waals surface area (Å²) in [5.41, 5.74) is 0. The number of nitrogens with zero attached hydrogens (tertiary/aromatic N) is 6. The number of hydrogen-bond acceptors (Lipinski definition) is 5. The summed E-state index contributed by atoms with van der Waals surface area (Å²) in [4.78, 5) is 21.0. The van der Waals surface area contributed by atoms with E-state index in [1.807, 2.05) is 19.0 Å². The Kier molecular flexibility index (Phi) is 7.14. The predicted octanol–water partition coefficient (Wildman–Crippen LogP) is 0.343. The first-order valence-corrected chi connectivity index (χ1v) is 5.29. The lowest BCUT2D eigenvalue weighted by Gasteiger charge is -2.24. The van der Waals surface area contributed by atoms with Crippen LogP contribution in [0.25, 0.3) is 0 Å². The van der Waals surface area contributed by atoms with Crippen molar-refractivity contribution in [3.63, 3.8) is 0 Å². The SMILES string of the molecule is CN(C)CCN(C(=O)N(C)C)c1nccnn1.Cl. The molecule has 0 radical (unpaired) electrons. The minimum absolute atomic E-state index is 0. The summed E-state index contributed by atoms with van der Waals surface area (Å²) in [5.74, 6) is 0.327. The molecule has 0 unspecified atom stereocenters. The number of anilines is 1. The molecule has 8 heteroatoms. The first-order valence-electron chi connectivity index (χ1n) is 5.29. The second-order valence-electron chi connectivity index (χ2n) is 4.07. The van der Waals surface area contributed by atoms with Crippen molar-refractivity contribution in [2.75, 3.05) is 46.2 Å². The first-order chi connectivity index (χ1) is 8.02. The summed E-state index contributed by atoms with van der Waals surface area (Å²) in [6.07, 6.45) is 3.00. The molecule has 2 amide bonds. The van der Waals surface area contributed by atoms with Gasteiger partial charge in [-0.25, -0.2) is 9.78 Å². The third-order valence-electron chi connectivity index (χ3n) is 2.10. The van der Waals surface area contributed by atoms with Gasteiger partial charge in [-0.1, -0.05) is 0 Å². The Balaban J connectivity index is 0.00000289. The highest BCUT2D eigenvalue weighted by atomic mass is 35.5. The average Bonchev–Trinajstić information content (AvgIpc) is 2.30. The fourth-order valence-corrected chi connectivity index (χ4v) is 1.19. The Bertz CT molecular complexity index is 359. The van der Waals surface area contributed by atoms with Crippen LogP contribution in [0.4, 0.5) is 10.7 Å². The third kappa shape index (κ3) is 4.80. The van der Waals surface area contributed by atoms with Crippen LogP contribution in [0.5, 0.6) is 0 Å². The molecule has 102 valence electrons. The zero-order valence-electron chi connectivity index (χ0n) is 11.1. The van der Waals surface area contributed by atoms with Gasteiger partial charge in [0.15, 0.2) is 0 Å². The molecule has 0 aliphatic rings. The standard InChI is InChI=1S/C10H18N6O.ClH/c1-14(2)7-8-16(10(17)15(3)4)9-11-5-6-12-13-9;/h5-6H,7-8H2,1-4H3;1H. The van der Waals surface area contributed by atoms with Gasteiger partial charge in [-0.15, -0.1) is 17.5 Å². The molecule has 0 spiro atoms. The summed E-state index contributed by atoms with van der Waals surface area (Å²) >= 11 is 0. The van der Waals surface area contributed by atoms with Crippen LogP contribution in [-0.4, -0.2) is 72.3 Å². The van der Waals surface area contributed by atoms with Gasteiger partial charge < -0.3 is 9.80 Å². The Labute approximate surface area is 113 Å². The minimum atomic E-state index is -0.153. The highest BCUT2D eigenvalue weighted by molar-refractivity contribution is 5.89. The molecule has 18 heavy (non-hydrogen) atoms. The number of urea groups is 1. The lowest BCUT2D eigenvalue weighted by Crippen LogP contribution is -2.43. The number of carbonyl (C=O) groups is 1. The van der Waals surface area contributed by atoms with E-state index in [4.69, 9.17) is 0 Å². The van der Waals surface area contributed by atoms with E-state index in [1.54, 1.807) is 14.1 Å². The number of amides is 2. The number of rotatable bonds is 4. The fraction of sp³-hybridized carbons (Fsp3) is 0.600. The van der Waals surface area contributed by atoms with Gasteiger partial charge in [-0.3, -0.25) is 4.90 Å². The monoisotopic (exact) mass is 274 g/mol. The normalized spacial score (nSPS) is 9.83. The smallest absolute Gasteiger partial charge is 0.326 e. The maximum absolute atomic E-state index is 12.0. The molecule has 0 saturated heterocycles. The molecular weight excluding hydrogens is 256 g/mol. The molecule has 1 aromatic rings. The summed E-state index contributed by atoms with van der Waals surface area (Å²) < 4.78 is 0. The predicted molar refractivity (Wildman–Crippen MR) is 72.1 cm³/mol. The first kappa shape index (κ1) is 16.5. The molecule has 0 atom stereocenters. The van der Waals surface area contributed by atoms with Gasteiger partial charge in [0.2, 0.25) is 0 Å². The largest absolute Gasteiger partial charge is 0.330 e. The van der Waals surface area contributed by atoms with E-state index < -0.39 is 0 Å². The molecule has 0 aliphatic heterocycles. The lowest BCUT2D eigenvalue weighted by molar-refractivity contribution is 0.222. The van der Waals surface area contributed by atoms with Gasteiger partial charge >= 0.3 is 6.03 Å². The number of aromatic nitrogens is 3. The van der Waals surface area contributed by atoms with Crippen molar-refractivity contribution in [3.05, 3.63) is 12.4 Å². The second-order valence-corrected chi connectivity index (χ2v) is 4.07. The lowest BCUT2D eigenvalue weighted by atomic mass is 10.5. The summed E-state index contributed by atoms with van der Waals surface area (Å²) in [6.45, 7) is 1.26. The molecule has 1 aromatic heterocycles. The average molecular weight is 275 g/mol. The molecule has 7 nitrogen and oxygen atoms in total. The molecule has 0 aromatic carbocycles. The molecule has 0 fully saturated rings. The minimum Gasteiger partial charge on any atom is -0.330 e. The van der Waals surface area contributed by atoms with Crippen LogP contribution < -0.4 is 4.90 Å². The van der Waals surface area contributed by atoms with E-state index in [0.717, 1.165) is 6.54 Å². The van der Waals surface area contributed by atoms with Crippen molar-refractivity contribution in [3.8, 4) is 0 Å². The summed E-state index contributed by atoms with van der Waals surface area (Å²) in [5, 5.41) is 7.60. The van der Waals surface area contributed by atoms with Gasteiger partial charge in [0.05, 0.1) is 12.4 Å². The van der Waals surface area contributed by atoms with Gasteiger partial charge in [-0.2, -0.15) is 5.10 Å². The topological polar surface area (TPSA) is 65.5 Å². The van der Waals surface area contributed by atoms with E-state index in [0.29, 0.717) is 12.5 Å². The van der Waals surface area contributed by atoms with Gasteiger partial charge in [0.25, 0.3) is 5.95 Å². The molecular formula is C10H19ClN6O. The summed E-state index contributed by atoms with van der Waals surface area (Å²) in [6, 6.07) is -0.153. The van der Waals surface area contributed by atoms with Crippen LogP contribution in [0.3, 0.4) is 0 Å². The van der Waals surface area contributed by atoms with E-state index in [9.17, 15) is 4.79 Å². The number of carbonyl (C=O) groups excluding carboxylic acids is 1. The zero-order valence-corrected chi connectivity index (χ0v) is 11.9. The fourth-order valence-electron chi connectivity index (χ4n) is 1.19. The Morgan fingerprint density at radius 3 is 2.28 bits per heavy atom. The van der Waals surface area contributed by atoms with Crippen molar-refractivity contribution in [2.45, 2.75) is 0 Å². The van der Waals surface area contributed by atoms with Gasteiger partial charge in [0.1, 0.15) is 0 Å². The molecule has 0 aliphatic carbocycles. The molecule has 1 heterocycles. The molecule has 1 rings (SSSR count). The maximum atomic E-state index is 12.0. The van der Waals surface area contributed by atoms with Crippen LogP contribution in [0.2, 0.25) is 0 Å². The number of likely N-dealkylation sites (N-methyl/N-ethyl adjacent to an activating group) is 1. The van der Waals surface area contributed by atoms with E-state index in [1.165, 1.54) is 22.2 Å². The van der Waals surface area contributed by atoms with E-state index in [2.05, 4.69) is 15.2 Å². The third-order valence-corrected chi connectivity index (χ3v) is 2.10. The Morgan fingerprint density at radius 2 is 1.83 bits per heavy atom. The van der Waals surface area contributed by atoms with Crippen molar-refractivity contribution in [2.24, 2.45) is 0 Å². The highest BCUT2D eigenvalue weighted by Gasteiger charge is 2.19. The van der Waals surface area contributed by atoms with Crippen molar-refractivity contribution in [1.29, 1.82) is 0 Å². The van der Waals surface area contributed by atoms with E-state index in [-0.39, 0.29) is 18.4 Å². The van der Waals surface area contributed by atoms with Gasteiger partial charge in [0, 0.05) is 27.2 Å². The van der Waals surface area contributed by atoms with Crippen LogP contribution >= 0.6 is 12.4 Å². The summed E-state index contributed by atoms with van der Waals surface area (Å²) in [7, 11) is 7.29. The molecule has 0 N–H and O–H groups in total. The Morgan fingerprint density at radius 1 is 1.17 bits per heavy atom. The van der Waals surface area contributed by atoms with Crippen LogP contribution in [-0.2, 0) is 0 Å². The number of hydrogen-bond donors (Lipinski definition) is 0. The zero-order chi connectivity index (χ0) is 12.8. The van der Waals surface area contributed by atoms with Crippen molar-refractivity contribution in [1.82, 2.24) is 25.0 Å². The van der Waals surface area contributed by atoms with Crippen LogP contribution in [0, 0.1) is 0 Å².